The van der Waals surface area contributed by atoms with Gasteiger partial charge in [-0.1, -0.05) is 50.2 Å². The summed E-state index contributed by atoms with van der Waals surface area (Å²) in [6.07, 6.45) is 1.13. The molecule has 0 aliphatic carbocycles. The lowest BCUT2D eigenvalue weighted by Crippen LogP contribution is -2.43. The molecule has 1 aliphatic heterocycles. The Morgan fingerprint density at radius 2 is 1.52 bits per heavy atom. The second-order valence-electron chi connectivity index (χ2n) is 7.60. The van der Waals surface area contributed by atoms with Gasteiger partial charge in [0.1, 0.15) is 0 Å². The Morgan fingerprint density at radius 1 is 0.926 bits per heavy atom. The SMILES string of the molecule is CC1CC(C)CN(C(=O)c2nn(-c3ccccc3)c(=O)c3ccccc23)C1. The predicted molar refractivity (Wildman–Crippen MR) is 106 cm³/mol. The largest absolute Gasteiger partial charge is 0.337 e. The summed E-state index contributed by atoms with van der Waals surface area (Å²) in [4.78, 5) is 28.2. The summed E-state index contributed by atoms with van der Waals surface area (Å²) in [5.41, 5.74) is 0.784. The zero-order valence-electron chi connectivity index (χ0n) is 15.6. The summed E-state index contributed by atoms with van der Waals surface area (Å²) >= 11 is 0. The highest BCUT2D eigenvalue weighted by atomic mass is 16.2. The second-order valence-corrected chi connectivity index (χ2v) is 7.60. The third-order valence-corrected chi connectivity index (χ3v) is 5.16. The minimum absolute atomic E-state index is 0.103. The van der Waals surface area contributed by atoms with E-state index in [0.29, 0.717) is 34.0 Å². The fourth-order valence-corrected chi connectivity index (χ4v) is 4.07. The van der Waals surface area contributed by atoms with Crippen LogP contribution < -0.4 is 5.56 Å². The van der Waals surface area contributed by atoms with Gasteiger partial charge < -0.3 is 4.90 Å². The van der Waals surface area contributed by atoms with Crippen LogP contribution in [0.4, 0.5) is 0 Å². The van der Waals surface area contributed by atoms with Crippen molar-refractivity contribution in [2.24, 2.45) is 11.8 Å². The van der Waals surface area contributed by atoms with Crippen LogP contribution in [0.1, 0.15) is 30.8 Å². The molecule has 0 spiro atoms. The van der Waals surface area contributed by atoms with E-state index in [-0.39, 0.29) is 11.5 Å². The summed E-state index contributed by atoms with van der Waals surface area (Å²) in [7, 11) is 0. The van der Waals surface area contributed by atoms with Gasteiger partial charge in [0, 0.05) is 18.5 Å². The molecule has 2 heterocycles. The van der Waals surface area contributed by atoms with Crippen LogP contribution >= 0.6 is 0 Å². The van der Waals surface area contributed by atoms with Gasteiger partial charge in [0.05, 0.1) is 11.1 Å². The van der Waals surface area contributed by atoms with Gasteiger partial charge in [-0.05, 0) is 36.5 Å². The third kappa shape index (κ3) is 3.25. The number of piperidine rings is 1. The monoisotopic (exact) mass is 361 g/mol. The predicted octanol–water partition coefficient (Wildman–Crippen LogP) is 3.50. The smallest absolute Gasteiger partial charge is 0.279 e. The van der Waals surface area contributed by atoms with Crippen LogP contribution in [0.3, 0.4) is 0 Å². The van der Waals surface area contributed by atoms with Crippen LogP contribution in [0.25, 0.3) is 16.5 Å². The average Bonchev–Trinajstić information content (AvgIpc) is 2.68. The number of para-hydroxylation sites is 1. The highest BCUT2D eigenvalue weighted by Crippen LogP contribution is 2.24. The quantitative estimate of drug-likeness (QED) is 0.702. The normalized spacial score (nSPS) is 20.0. The van der Waals surface area contributed by atoms with Gasteiger partial charge in [0.25, 0.3) is 11.5 Å². The molecule has 2 unspecified atom stereocenters. The Balaban J connectivity index is 1.88. The number of hydrogen-bond donors (Lipinski definition) is 0. The number of benzene rings is 2. The first kappa shape index (κ1) is 17.5. The fraction of sp³-hybridized carbons (Fsp3) is 0.318. The van der Waals surface area contributed by atoms with Crippen LogP contribution in [0.5, 0.6) is 0 Å². The Bertz CT molecular complexity index is 1030. The number of fused-ring (bicyclic) bond motifs is 1. The van der Waals surface area contributed by atoms with E-state index in [1.807, 2.05) is 53.4 Å². The van der Waals surface area contributed by atoms with Crippen molar-refractivity contribution in [3.63, 3.8) is 0 Å². The first-order valence-electron chi connectivity index (χ1n) is 9.41. The Hall–Kier alpha value is -2.95. The molecule has 1 amide bonds. The molecule has 0 N–H and O–H groups in total. The van der Waals surface area contributed by atoms with Crippen molar-refractivity contribution in [3.8, 4) is 5.69 Å². The molecule has 1 saturated heterocycles. The van der Waals surface area contributed by atoms with Gasteiger partial charge in [-0.2, -0.15) is 9.78 Å². The Labute approximate surface area is 158 Å². The molecule has 5 nitrogen and oxygen atoms in total. The summed E-state index contributed by atoms with van der Waals surface area (Å²) in [6, 6.07) is 16.5. The maximum absolute atomic E-state index is 13.3. The van der Waals surface area contributed by atoms with Gasteiger partial charge in [-0.3, -0.25) is 9.59 Å². The van der Waals surface area contributed by atoms with E-state index in [0.717, 1.165) is 19.5 Å². The Kier molecular flexibility index (Phi) is 4.52. The first-order chi connectivity index (χ1) is 13.0. The van der Waals surface area contributed by atoms with Crippen molar-refractivity contribution in [2.45, 2.75) is 20.3 Å². The minimum atomic E-state index is -0.214. The maximum atomic E-state index is 13.3. The van der Waals surface area contributed by atoms with Gasteiger partial charge in [-0.15, -0.1) is 0 Å². The molecule has 3 aromatic rings. The molecule has 2 aromatic carbocycles. The summed E-state index contributed by atoms with van der Waals surface area (Å²) < 4.78 is 1.34. The molecule has 27 heavy (non-hydrogen) atoms. The number of aromatic nitrogens is 2. The highest BCUT2D eigenvalue weighted by molar-refractivity contribution is 6.04. The molecule has 1 fully saturated rings. The molecular weight excluding hydrogens is 338 g/mol. The maximum Gasteiger partial charge on any atom is 0.279 e. The molecular formula is C22H23N3O2. The Morgan fingerprint density at radius 3 is 2.19 bits per heavy atom. The number of hydrogen-bond acceptors (Lipinski definition) is 3. The summed E-state index contributed by atoms with van der Waals surface area (Å²) in [5.74, 6) is 0.822. The van der Waals surface area contributed by atoms with E-state index in [1.54, 1.807) is 6.07 Å². The van der Waals surface area contributed by atoms with Crippen molar-refractivity contribution in [1.82, 2.24) is 14.7 Å². The van der Waals surface area contributed by atoms with E-state index in [1.165, 1.54) is 4.68 Å². The number of nitrogens with zero attached hydrogens (tertiary/aromatic N) is 3. The van der Waals surface area contributed by atoms with E-state index in [2.05, 4.69) is 18.9 Å². The lowest BCUT2D eigenvalue weighted by atomic mass is 9.91. The zero-order chi connectivity index (χ0) is 19.0. The zero-order valence-corrected chi connectivity index (χ0v) is 15.6. The van der Waals surface area contributed by atoms with Crippen molar-refractivity contribution in [3.05, 3.63) is 70.6 Å². The summed E-state index contributed by atoms with van der Waals surface area (Å²) in [6.45, 7) is 5.80. The van der Waals surface area contributed by atoms with Crippen LogP contribution in [-0.4, -0.2) is 33.7 Å². The molecule has 5 heteroatoms. The lowest BCUT2D eigenvalue weighted by molar-refractivity contribution is 0.0617. The number of rotatable bonds is 2. The standard InChI is InChI=1S/C22H23N3O2/c1-15-12-16(2)14-24(13-15)22(27)20-18-10-6-7-11-19(18)21(26)25(23-20)17-8-4-3-5-9-17/h3-11,15-16H,12-14H2,1-2H3. The van der Waals surface area contributed by atoms with Crippen LogP contribution in [0.15, 0.2) is 59.4 Å². The van der Waals surface area contributed by atoms with E-state index < -0.39 is 0 Å². The van der Waals surface area contributed by atoms with E-state index in [9.17, 15) is 9.59 Å². The molecule has 138 valence electrons. The molecule has 1 aromatic heterocycles. The van der Waals surface area contributed by atoms with Crippen molar-refractivity contribution >= 4 is 16.7 Å². The third-order valence-electron chi connectivity index (χ3n) is 5.16. The van der Waals surface area contributed by atoms with Gasteiger partial charge in [0.2, 0.25) is 0 Å². The topological polar surface area (TPSA) is 55.2 Å². The molecule has 0 saturated carbocycles. The van der Waals surface area contributed by atoms with E-state index in [4.69, 9.17) is 0 Å². The highest BCUT2D eigenvalue weighted by Gasteiger charge is 2.28. The number of carbonyl (C=O) groups is 1. The summed E-state index contributed by atoms with van der Waals surface area (Å²) in [5, 5.41) is 5.64. The molecule has 1 aliphatic rings. The molecule has 0 bridgehead atoms. The minimum Gasteiger partial charge on any atom is -0.337 e. The number of amides is 1. The second kappa shape index (κ2) is 6.99. The van der Waals surface area contributed by atoms with Crippen molar-refractivity contribution in [1.29, 1.82) is 0 Å². The van der Waals surface area contributed by atoms with E-state index >= 15 is 0 Å². The van der Waals surface area contributed by atoms with Crippen LogP contribution in [0, 0.1) is 11.8 Å². The first-order valence-corrected chi connectivity index (χ1v) is 9.41. The number of carbonyl (C=O) groups excluding carboxylic acids is 1. The molecule has 0 radical (unpaired) electrons. The lowest BCUT2D eigenvalue weighted by Gasteiger charge is -2.35. The number of likely N-dealkylation sites (tertiary alicyclic amines) is 1. The van der Waals surface area contributed by atoms with Crippen molar-refractivity contribution < 1.29 is 4.79 Å². The van der Waals surface area contributed by atoms with Gasteiger partial charge >= 0.3 is 0 Å². The van der Waals surface area contributed by atoms with Gasteiger partial charge in [-0.25, -0.2) is 0 Å². The van der Waals surface area contributed by atoms with Crippen LogP contribution in [-0.2, 0) is 0 Å². The fourth-order valence-electron chi connectivity index (χ4n) is 4.07. The molecule has 2 atom stereocenters. The van der Waals surface area contributed by atoms with Gasteiger partial charge in [0.15, 0.2) is 5.69 Å². The molecule has 4 rings (SSSR count). The average molecular weight is 361 g/mol. The van der Waals surface area contributed by atoms with Crippen molar-refractivity contribution in [2.75, 3.05) is 13.1 Å². The van der Waals surface area contributed by atoms with Crippen LogP contribution in [0.2, 0.25) is 0 Å².